The van der Waals surface area contributed by atoms with E-state index in [0.717, 1.165) is 58.7 Å². The molecule has 3 aromatic heterocycles. The standard InChI is InChI=1S/C20H21N5OS/c1-14(26)18-4-5-19(27-18)17-13-21-12-16(23-17)15-3-6-20(22-11-15)25-9-7-24(2)8-10-25/h3-6,11-13H,7-10H2,1-2H3. The van der Waals surface area contributed by atoms with E-state index in [1.54, 1.807) is 19.3 Å². The molecule has 3 aromatic rings. The van der Waals surface area contributed by atoms with Crippen molar-refractivity contribution in [2.24, 2.45) is 0 Å². The van der Waals surface area contributed by atoms with E-state index in [2.05, 4.69) is 26.8 Å². The fourth-order valence-electron chi connectivity index (χ4n) is 3.05. The van der Waals surface area contributed by atoms with E-state index < -0.39 is 0 Å². The van der Waals surface area contributed by atoms with Gasteiger partial charge in [0, 0.05) is 37.9 Å². The van der Waals surface area contributed by atoms with Crippen LogP contribution in [0.15, 0.2) is 42.9 Å². The molecule has 0 spiro atoms. The quantitative estimate of drug-likeness (QED) is 0.649. The second-order valence-corrected chi connectivity index (χ2v) is 7.79. The van der Waals surface area contributed by atoms with Crippen LogP contribution in [-0.2, 0) is 0 Å². The molecule has 138 valence electrons. The number of pyridine rings is 1. The van der Waals surface area contributed by atoms with Crippen molar-refractivity contribution in [1.29, 1.82) is 0 Å². The first-order valence-corrected chi connectivity index (χ1v) is 9.75. The molecule has 0 bridgehead atoms. The minimum Gasteiger partial charge on any atom is -0.354 e. The van der Waals surface area contributed by atoms with Crippen molar-refractivity contribution in [3.05, 3.63) is 47.7 Å². The Bertz CT molecular complexity index is 945. The first-order valence-electron chi connectivity index (χ1n) is 8.93. The molecule has 4 rings (SSSR count). The van der Waals surface area contributed by atoms with Gasteiger partial charge in [-0.25, -0.2) is 9.97 Å². The molecule has 1 saturated heterocycles. The van der Waals surface area contributed by atoms with Gasteiger partial charge in [0.15, 0.2) is 5.78 Å². The number of rotatable bonds is 4. The van der Waals surface area contributed by atoms with Crippen LogP contribution in [0.4, 0.5) is 5.82 Å². The normalized spacial score (nSPS) is 15.1. The predicted octanol–water partition coefficient (Wildman–Crippen LogP) is 3.22. The van der Waals surface area contributed by atoms with Gasteiger partial charge >= 0.3 is 0 Å². The topological polar surface area (TPSA) is 62.2 Å². The zero-order chi connectivity index (χ0) is 18.8. The Labute approximate surface area is 162 Å². The summed E-state index contributed by atoms with van der Waals surface area (Å²) in [5.41, 5.74) is 2.49. The molecule has 0 N–H and O–H groups in total. The van der Waals surface area contributed by atoms with Crippen LogP contribution >= 0.6 is 11.3 Å². The number of hydrogen-bond donors (Lipinski definition) is 0. The number of carbonyl (C=O) groups excluding carboxylic acids is 1. The number of nitrogens with zero attached hydrogens (tertiary/aromatic N) is 5. The Morgan fingerprint density at radius 1 is 1.00 bits per heavy atom. The van der Waals surface area contributed by atoms with Crippen molar-refractivity contribution < 1.29 is 4.79 Å². The molecule has 0 unspecified atom stereocenters. The number of aromatic nitrogens is 3. The Kier molecular flexibility index (Phi) is 4.96. The first kappa shape index (κ1) is 17.8. The van der Waals surface area contributed by atoms with E-state index in [1.807, 2.05) is 30.5 Å². The monoisotopic (exact) mass is 379 g/mol. The van der Waals surface area contributed by atoms with Gasteiger partial charge in [0.1, 0.15) is 5.82 Å². The second-order valence-electron chi connectivity index (χ2n) is 6.71. The lowest BCUT2D eigenvalue weighted by Gasteiger charge is -2.33. The van der Waals surface area contributed by atoms with Gasteiger partial charge in [-0.05, 0) is 38.2 Å². The average Bonchev–Trinajstić information content (AvgIpc) is 3.20. The number of ketones is 1. The van der Waals surface area contributed by atoms with Crippen molar-refractivity contribution in [2.75, 3.05) is 38.1 Å². The summed E-state index contributed by atoms with van der Waals surface area (Å²) in [4.78, 5) is 31.5. The number of carbonyl (C=O) groups is 1. The highest BCUT2D eigenvalue weighted by atomic mass is 32.1. The Morgan fingerprint density at radius 2 is 1.78 bits per heavy atom. The number of thiophene rings is 1. The summed E-state index contributed by atoms with van der Waals surface area (Å²) in [6.45, 7) is 5.68. The molecule has 0 amide bonds. The average molecular weight is 379 g/mol. The second kappa shape index (κ2) is 7.54. The van der Waals surface area contributed by atoms with Crippen molar-refractivity contribution in [1.82, 2.24) is 19.9 Å². The van der Waals surface area contributed by atoms with Crippen molar-refractivity contribution in [2.45, 2.75) is 6.92 Å². The molecule has 1 aliphatic heterocycles. The third kappa shape index (κ3) is 3.89. The minimum atomic E-state index is 0.0686. The number of anilines is 1. The summed E-state index contributed by atoms with van der Waals surface area (Å²) in [5.74, 6) is 1.07. The van der Waals surface area contributed by atoms with Crippen molar-refractivity contribution >= 4 is 22.9 Å². The summed E-state index contributed by atoms with van der Waals surface area (Å²) in [6.07, 6.45) is 5.33. The van der Waals surface area contributed by atoms with Crippen LogP contribution in [0.5, 0.6) is 0 Å². The molecular formula is C20H21N5OS. The third-order valence-corrected chi connectivity index (χ3v) is 5.92. The van der Waals surface area contributed by atoms with Crippen LogP contribution in [-0.4, -0.2) is 58.9 Å². The van der Waals surface area contributed by atoms with Gasteiger partial charge in [0.05, 0.1) is 33.5 Å². The number of likely N-dealkylation sites (N-methyl/N-ethyl adjacent to an activating group) is 1. The van der Waals surface area contributed by atoms with Gasteiger partial charge in [-0.2, -0.15) is 0 Å². The van der Waals surface area contributed by atoms with Gasteiger partial charge < -0.3 is 9.80 Å². The SMILES string of the molecule is CC(=O)c1ccc(-c2cncc(-c3ccc(N4CCN(C)CC4)nc3)n2)s1. The van der Waals surface area contributed by atoms with E-state index in [1.165, 1.54) is 11.3 Å². The molecule has 27 heavy (non-hydrogen) atoms. The number of hydrogen-bond acceptors (Lipinski definition) is 7. The van der Waals surface area contributed by atoms with E-state index >= 15 is 0 Å². The lowest BCUT2D eigenvalue weighted by atomic mass is 10.2. The van der Waals surface area contributed by atoms with Crippen LogP contribution in [0.2, 0.25) is 0 Å². The number of Topliss-reactive ketones (excluding diaryl/α,β-unsaturated/α-hetero) is 1. The zero-order valence-corrected chi connectivity index (χ0v) is 16.2. The summed E-state index contributed by atoms with van der Waals surface area (Å²) < 4.78 is 0. The molecule has 0 atom stereocenters. The predicted molar refractivity (Wildman–Crippen MR) is 108 cm³/mol. The smallest absolute Gasteiger partial charge is 0.169 e. The van der Waals surface area contributed by atoms with Crippen LogP contribution < -0.4 is 4.90 Å². The van der Waals surface area contributed by atoms with Crippen molar-refractivity contribution in [3.8, 4) is 21.8 Å². The molecule has 0 radical (unpaired) electrons. The highest BCUT2D eigenvalue weighted by molar-refractivity contribution is 7.17. The molecule has 0 aliphatic carbocycles. The van der Waals surface area contributed by atoms with E-state index in [9.17, 15) is 4.79 Å². The van der Waals surface area contributed by atoms with Crippen molar-refractivity contribution in [3.63, 3.8) is 0 Å². The summed E-state index contributed by atoms with van der Waals surface area (Å²) >= 11 is 1.44. The fraction of sp³-hybridized carbons (Fsp3) is 0.300. The first-order chi connectivity index (χ1) is 13.1. The lowest BCUT2D eigenvalue weighted by Crippen LogP contribution is -2.44. The molecule has 7 heteroatoms. The maximum atomic E-state index is 11.5. The minimum absolute atomic E-state index is 0.0686. The fourth-order valence-corrected chi connectivity index (χ4v) is 3.90. The Hall–Kier alpha value is -2.64. The lowest BCUT2D eigenvalue weighted by molar-refractivity contribution is 0.102. The molecule has 0 aromatic carbocycles. The maximum absolute atomic E-state index is 11.5. The molecule has 4 heterocycles. The molecule has 1 fully saturated rings. The highest BCUT2D eigenvalue weighted by Crippen LogP contribution is 2.28. The van der Waals surface area contributed by atoms with Gasteiger partial charge in [-0.15, -0.1) is 11.3 Å². The zero-order valence-electron chi connectivity index (χ0n) is 15.4. The van der Waals surface area contributed by atoms with Crippen LogP contribution in [0.25, 0.3) is 21.8 Å². The Morgan fingerprint density at radius 3 is 2.44 bits per heavy atom. The Balaban J connectivity index is 1.55. The number of piperazine rings is 1. The van der Waals surface area contributed by atoms with E-state index in [0.29, 0.717) is 0 Å². The molecule has 6 nitrogen and oxygen atoms in total. The van der Waals surface area contributed by atoms with Gasteiger partial charge in [-0.3, -0.25) is 9.78 Å². The largest absolute Gasteiger partial charge is 0.354 e. The highest BCUT2D eigenvalue weighted by Gasteiger charge is 2.15. The van der Waals surface area contributed by atoms with Gasteiger partial charge in [0.25, 0.3) is 0 Å². The summed E-state index contributed by atoms with van der Waals surface area (Å²) in [6, 6.07) is 7.85. The maximum Gasteiger partial charge on any atom is 0.169 e. The van der Waals surface area contributed by atoms with E-state index in [4.69, 9.17) is 4.98 Å². The summed E-state index contributed by atoms with van der Waals surface area (Å²) in [5, 5.41) is 0. The summed E-state index contributed by atoms with van der Waals surface area (Å²) in [7, 11) is 2.15. The van der Waals surface area contributed by atoms with Gasteiger partial charge in [0.2, 0.25) is 0 Å². The van der Waals surface area contributed by atoms with Crippen LogP contribution in [0.1, 0.15) is 16.6 Å². The van der Waals surface area contributed by atoms with E-state index in [-0.39, 0.29) is 5.78 Å². The van der Waals surface area contributed by atoms with Gasteiger partial charge in [-0.1, -0.05) is 0 Å². The van der Waals surface area contributed by atoms with Crippen LogP contribution in [0, 0.1) is 0 Å². The molecule has 0 saturated carbocycles. The third-order valence-electron chi connectivity index (χ3n) is 4.71. The molecular weight excluding hydrogens is 358 g/mol. The molecule has 1 aliphatic rings. The van der Waals surface area contributed by atoms with Crippen LogP contribution in [0.3, 0.4) is 0 Å².